The van der Waals surface area contributed by atoms with Crippen LogP contribution in [0.5, 0.6) is 0 Å². The third kappa shape index (κ3) is 4.88. The van der Waals surface area contributed by atoms with Crippen molar-refractivity contribution >= 4 is 0 Å². The van der Waals surface area contributed by atoms with Crippen LogP contribution in [0.3, 0.4) is 0 Å². The lowest BCUT2D eigenvalue weighted by Gasteiger charge is -2.20. The second-order valence-electron chi connectivity index (χ2n) is 5.52. The van der Waals surface area contributed by atoms with Crippen molar-refractivity contribution in [3.63, 3.8) is 0 Å². The van der Waals surface area contributed by atoms with Gasteiger partial charge < -0.3 is 15.0 Å². The van der Waals surface area contributed by atoms with Gasteiger partial charge in [-0.3, -0.25) is 0 Å². The largest absolute Gasteiger partial charge is 0.381 e. The molecular weight excluding hydrogens is 214 g/mol. The second kappa shape index (κ2) is 6.17. The molecule has 0 aliphatic carbocycles. The van der Waals surface area contributed by atoms with Crippen molar-refractivity contribution in [1.29, 1.82) is 0 Å². The van der Waals surface area contributed by atoms with E-state index in [1.54, 1.807) is 0 Å². The number of hydrogen-bond donors (Lipinski definition) is 1. The molecule has 4 heteroatoms. The quantitative estimate of drug-likeness (QED) is 0.742. The highest BCUT2D eigenvalue weighted by atomic mass is 16.5. The molecule has 4 nitrogen and oxygen atoms in total. The molecule has 0 saturated carbocycles. The monoisotopic (exact) mass is 239 g/mol. The van der Waals surface area contributed by atoms with Crippen molar-refractivity contribution < 1.29 is 4.74 Å². The van der Waals surface area contributed by atoms with Gasteiger partial charge in [0, 0.05) is 26.0 Å². The highest BCUT2D eigenvalue weighted by Gasteiger charge is 2.18. The topological polar surface area (TPSA) is 53.1 Å². The van der Waals surface area contributed by atoms with E-state index < -0.39 is 0 Å². The summed E-state index contributed by atoms with van der Waals surface area (Å²) in [5.41, 5.74) is 6.81. The zero-order chi connectivity index (χ0) is 12.9. The molecule has 2 N–H and O–H groups in total. The molecule has 0 bridgehead atoms. The minimum absolute atomic E-state index is 0.338. The Bertz CT molecular complexity index is 326. The first-order valence-corrected chi connectivity index (χ1v) is 6.28. The molecule has 0 fully saturated rings. The summed E-state index contributed by atoms with van der Waals surface area (Å²) in [4.78, 5) is 4.16. The maximum atomic E-state index is 6.08. The van der Waals surface area contributed by atoms with Crippen molar-refractivity contribution in [3.05, 3.63) is 18.2 Å². The van der Waals surface area contributed by atoms with Crippen LogP contribution in [-0.2, 0) is 16.8 Å². The van der Waals surface area contributed by atoms with Crippen LogP contribution >= 0.6 is 0 Å². The summed E-state index contributed by atoms with van der Waals surface area (Å²) in [6, 6.07) is 0. The Hall–Kier alpha value is -0.870. The van der Waals surface area contributed by atoms with Crippen LogP contribution in [0.1, 0.15) is 39.8 Å². The average molecular weight is 239 g/mol. The lowest BCUT2D eigenvalue weighted by molar-refractivity contribution is 0.105. The zero-order valence-electron chi connectivity index (χ0n) is 11.4. The van der Waals surface area contributed by atoms with Crippen molar-refractivity contribution in [2.75, 3.05) is 13.2 Å². The highest BCUT2D eigenvalue weighted by Crippen LogP contribution is 2.16. The maximum absolute atomic E-state index is 6.08. The first kappa shape index (κ1) is 14.2. The summed E-state index contributed by atoms with van der Waals surface area (Å²) < 4.78 is 7.66. The summed E-state index contributed by atoms with van der Waals surface area (Å²) >= 11 is 0. The smallest absolute Gasteiger partial charge is 0.0948 e. The fourth-order valence-electron chi connectivity index (χ4n) is 1.69. The summed E-state index contributed by atoms with van der Waals surface area (Å²) in [6.45, 7) is 10.8. The van der Waals surface area contributed by atoms with Crippen LogP contribution in [-0.4, -0.2) is 22.8 Å². The van der Waals surface area contributed by atoms with Gasteiger partial charge >= 0.3 is 0 Å². The molecule has 0 spiro atoms. The van der Waals surface area contributed by atoms with E-state index in [0.717, 1.165) is 31.9 Å². The molecule has 1 aromatic rings. The number of nitrogens with two attached hydrogens (primary N) is 1. The van der Waals surface area contributed by atoms with Gasteiger partial charge in [-0.2, -0.15) is 0 Å². The SMILES string of the molecule is CC(C)COCCCn1cncc1C(C)(C)N. The van der Waals surface area contributed by atoms with E-state index in [9.17, 15) is 0 Å². The molecule has 1 aromatic heterocycles. The number of hydrogen-bond acceptors (Lipinski definition) is 3. The fourth-order valence-corrected chi connectivity index (χ4v) is 1.69. The first-order chi connectivity index (χ1) is 7.91. The van der Waals surface area contributed by atoms with E-state index in [0.29, 0.717) is 5.92 Å². The van der Waals surface area contributed by atoms with Crippen molar-refractivity contribution in [1.82, 2.24) is 9.55 Å². The van der Waals surface area contributed by atoms with E-state index in [-0.39, 0.29) is 5.54 Å². The highest BCUT2D eigenvalue weighted by molar-refractivity contribution is 5.09. The van der Waals surface area contributed by atoms with Crippen LogP contribution in [0, 0.1) is 5.92 Å². The number of nitrogens with zero attached hydrogens (tertiary/aromatic N) is 2. The van der Waals surface area contributed by atoms with Gasteiger partial charge in [0.15, 0.2) is 0 Å². The Morgan fingerprint density at radius 1 is 1.47 bits per heavy atom. The van der Waals surface area contributed by atoms with Crippen LogP contribution in [0.2, 0.25) is 0 Å². The van der Waals surface area contributed by atoms with E-state index in [4.69, 9.17) is 10.5 Å². The molecule has 0 aromatic carbocycles. The average Bonchev–Trinajstić information content (AvgIpc) is 2.64. The number of ether oxygens (including phenoxy) is 1. The number of imidazole rings is 1. The van der Waals surface area contributed by atoms with Gasteiger partial charge in [-0.1, -0.05) is 13.8 Å². The van der Waals surface area contributed by atoms with Crippen LogP contribution < -0.4 is 5.73 Å². The van der Waals surface area contributed by atoms with Crippen LogP contribution in [0.15, 0.2) is 12.5 Å². The zero-order valence-corrected chi connectivity index (χ0v) is 11.4. The molecule has 0 aliphatic heterocycles. The first-order valence-electron chi connectivity index (χ1n) is 6.28. The molecule has 17 heavy (non-hydrogen) atoms. The minimum Gasteiger partial charge on any atom is -0.381 e. The van der Waals surface area contributed by atoms with Crippen molar-refractivity contribution in [3.8, 4) is 0 Å². The van der Waals surface area contributed by atoms with Gasteiger partial charge in [0.05, 0.1) is 17.6 Å². The van der Waals surface area contributed by atoms with E-state index in [1.807, 2.05) is 26.4 Å². The van der Waals surface area contributed by atoms with Gasteiger partial charge in [0.25, 0.3) is 0 Å². The molecular formula is C13H25N3O. The fraction of sp³-hybridized carbons (Fsp3) is 0.769. The van der Waals surface area contributed by atoms with Gasteiger partial charge in [0.2, 0.25) is 0 Å². The van der Waals surface area contributed by atoms with Gasteiger partial charge in [0.1, 0.15) is 0 Å². The third-order valence-electron chi connectivity index (χ3n) is 2.51. The number of rotatable bonds is 7. The van der Waals surface area contributed by atoms with E-state index in [1.165, 1.54) is 0 Å². The van der Waals surface area contributed by atoms with Crippen molar-refractivity contribution in [2.45, 2.75) is 46.2 Å². The molecule has 0 unspecified atom stereocenters. The Labute approximate surface area is 104 Å². The lowest BCUT2D eigenvalue weighted by Crippen LogP contribution is -2.31. The molecule has 0 aliphatic rings. The Morgan fingerprint density at radius 3 is 2.76 bits per heavy atom. The Balaban J connectivity index is 2.35. The molecule has 1 heterocycles. The van der Waals surface area contributed by atoms with Gasteiger partial charge in [-0.15, -0.1) is 0 Å². The molecule has 98 valence electrons. The molecule has 1 rings (SSSR count). The minimum atomic E-state index is -0.338. The molecule has 0 amide bonds. The second-order valence-corrected chi connectivity index (χ2v) is 5.52. The Kier molecular flexibility index (Phi) is 5.15. The maximum Gasteiger partial charge on any atom is 0.0948 e. The Morgan fingerprint density at radius 2 is 2.18 bits per heavy atom. The third-order valence-corrected chi connectivity index (χ3v) is 2.51. The van der Waals surface area contributed by atoms with Crippen molar-refractivity contribution in [2.24, 2.45) is 11.7 Å². The standard InChI is InChI=1S/C13H25N3O/c1-11(2)9-17-7-5-6-16-10-15-8-12(16)13(3,4)14/h8,10-11H,5-7,9,14H2,1-4H3. The normalized spacial score (nSPS) is 12.4. The van der Waals surface area contributed by atoms with Crippen LogP contribution in [0.25, 0.3) is 0 Å². The summed E-state index contributed by atoms with van der Waals surface area (Å²) in [5, 5.41) is 0. The lowest BCUT2D eigenvalue weighted by atomic mass is 10.0. The molecule has 0 saturated heterocycles. The summed E-state index contributed by atoms with van der Waals surface area (Å²) in [6.07, 6.45) is 4.67. The summed E-state index contributed by atoms with van der Waals surface area (Å²) in [5.74, 6) is 0.599. The number of aromatic nitrogens is 2. The predicted molar refractivity (Wildman–Crippen MR) is 69.7 cm³/mol. The van der Waals surface area contributed by atoms with Gasteiger partial charge in [-0.05, 0) is 26.2 Å². The predicted octanol–water partition coefficient (Wildman–Crippen LogP) is 2.14. The van der Waals surface area contributed by atoms with E-state index >= 15 is 0 Å². The number of aryl methyl sites for hydroxylation is 1. The van der Waals surface area contributed by atoms with E-state index in [2.05, 4.69) is 23.4 Å². The van der Waals surface area contributed by atoms with Crippen LogP contribution in [0.4, 0.5) is 0 Å². The van der Waals surface area contributed by atoms with Gasteiger partial charge in [-0.25, -0.2) is 4.98 Å². The summed E-state index contributed by atoms with van der Waals surface area (Å²) in [7, 11) is 0. The molecule has 0 atom stereocenters. The molecule has 0 radical (unpaired) electrons.